The number of hydrogen-bond acceptors (Lipinski definition) is 6. The van der Waals surface area contributed by atoms with E-state index in [9.17, 15) is 8.42 Å². The number of fused-ring (bicyclic) bond motifs is 1. The Hall–Kier alpha value is -2.00. The average molecular weight is 348 g/mol. The summed E-state index contributed by atoms with van der Waals surface area (Å²) in [5.41, 5.74) is 2.13. The largest absolute Gasteiger partial charge is 0.363 e. The van der Waals surface area contributed by atoms with Crippen molar-refractivity contribution in [1.82, 2.24) is 24.5 Å². The minimum Gasteiger partial charge on any atom is -0.363 e. The van der Waals surface area contributed by atoms with Gasteiger partial charge in [0, 0.05) is 25.3 Å². The van der Waals surface area contributed by atoms with Crippen LogP contribution in [0.4, 0.5) is 5.69 Å². The summed E-state index contributed by atoms with van der Waals surface area (Å²) in [5, 5.41) is 12.1. The number of aromatic nitrogens is 4. The normalized spacial score (nSPS) is 18.3. The Bertz CT molecular complexity index is 857. The van der Waals surface area contributed by atoms with Crippen LogP contribution in [0.3, 0.4) is 0 Å². The number of tetrazole rings is 1. The molecule has 1 saturated heterocycles. The van der Waals surface area contributed by atoms with Crippen LogP contribution in [-0.2, 0) is 30.0 Å². The van der Waals surface area contributed by atoms with E-state index in [1.807, 2.05) is 6.07 Å². The van der Waals surface area contributed by atoms with Crippen molar-refractivity contribution in [3.63, 3.8) is 0 Å². The Morgan fingerprint density at radius 2 is 1.96 bits per heavy atom. The van der Waals surface area contributed by atoms with Crippen LogP contribution in [0.1, 0.15) is 24.2 Å². The zero-order valence-electron chi connectivity index (χ0n) is 13.6. The third kappa shape index (κ3) is 2.67. The van der Waals surface area contributed by atoms with Crippen molar-refractivity contribution in [1.29, 1.82) is 0 Å². The second-order valence-corrected chi connectivity index (χ2v) is 8.21. The highest BCUT2D eigenvalue weighted by Crippen LogP contribution is 2.32. The number of hydrogen-bond donors (Lipinski definition) is 0. The van der Waals surface area contributed by atoms with E-state index in [0.717, 1.165) is 31.5 Å². The van der Waals surface area contributed by atoms with Gasteiger partial charge in [-0.3, -0.25) is 0 Å². The molecule has 0 unspecified atom stereocenters. The van der Waals surface area contributed by atoms with E-state index in [-0.39, 0.29) is 0 Å². The molecule has 1 fully saturated rings. The van der Waals surface area contributed by atoms with Crippen LogP contribution in [0, 0.1) is 0 Å². The van der Waals surface area contributed by atoms with Crippen molar-refractivity contribution in [2.45, 2.75) is 30.7 Å². The molecule has 0 aliphatic carbocycles. The molecule has 0 bridgehead atoms. The van der Waals surface area contributed by atoms with E-state index in [0.29, 0.717) is 30.4 Å². The van der Waals surface area contributed by atoms with Gasteiger partial charge in [0.25, 0.3) is 0 Å². The first-order valence-electron chi connectivity index (χ1n) is 8.15. The molecule has 0 saturated carbocycles. The predicted molar refractivity (Wildman–Crippen MR) is 88.0 cm³/mol. The molecule has 128 valence electrons. The van der Waals surface area contributed by atoms with Crippen LogP contribution < -0.4 is 4.90 Å². The monoisotopic (exact) mass is 348 g/mol. The first-order chi connectivity index (χ1) is 11.5. The summed E-state index contributed by atoms with van der Waals surface area (Å²) in [7, 11) is -1.66. The van der Waals surface area contributed by atoms with Crippen molar-refractivity contribution in [3.8, 4) is 0 Å². The van der Waals surface area contributed by atoms with Gasteiger partial charge in [0.15, 0.2) is 5.82 Å². The molecule has 0 amide bonds. The van der Waals surface area contributed by atoms with Gasteiger partial charge in [0.2, 0.25) is 10.0 Å². The fraction of sp³-hybridized carbons (Fsp3) is 0.533. The summed E-state index contributed by atoms with van der Waals surface area (Å²) in [6.07, 6.45) is 2.78. The number of benzene rings is 1. The topological polar surface area (TPSA) is 84.2 Å². The lowest BCUT2D eigenvalue weighted by molar-refractivity contribution is 0.477. The molecule has 2 aromatic rings. The van der Waals surface area contributed by atoms with Gasteiger partial charge in [0.05, 0.1) is 18.5 Å². The van der Waals surface area contributed by atoms with Gasteiger partial charge in [-0.25, -0.2) is 8.42 Å². The third-order valence-corrected chi connectivity index (χ3v) is 6.53. The van der Waals surface area contributed by atoms with E-state index in [2.05, 4.69) is 20.3 Å². The number of aryl methyl sites for hydroxylation is 1. The summed E-state index contributed by atoms with van der Waals surface area (Å²) in [6, 6.07) is 5.46. The zero-order chi connectivity index (χ0) is 16.7. The first-order valence-corrected chi connectivity index (χ1v) is 9.59. The SMILES string of the molecule is Cn1nnc(CN2CCc3ccc(S(=O)(=O)N4CCCC4)cc32)n1. The highest BCUT2D eigenvalue weighted by Gasteiger charge is 2.29. The van der Waals surface area contributed by atoms with E-state index >= 15 is 0 Å². The number of nitrogens with zero attached hydrogens (tertiary/aromatic N) is 6. The summed E-state index contributed by atoms with van der Waals surface area (Å²) >= 11 is 0. The molecule has 1 aromatic carbocycles. The standard InChI is InChI=1S/C15H20N6O2S/c1-19-17-15(16-18-19)11-20-9-6-12-4-5-13(10-14(12)20)24(22,23)21-7-2-3-8-21/h4-5,10H,2-3,6-9,11H2,1H3. The molecule has 9 heteroatoms. The lowest BCUT2D eigenvalue weighted by Gasteiger charge is -2.20. The van der Waals surface area contributed by atoms with Gasteiger partial charge in [-0.1, -0.05) is 6.07 Å². The number of sulfonamides is 1. The lowest BCUT2D eigenvalue weighted by Crippen LogP contribution is -2.28. The van der Waals surface area contributed by atoms with Crippen LogP contribution in [-0.4, -0.2) is 52.6 Å². The summed E-state index contributed by atoms with van der Waals surface area (Å²) in [6.45, 7) is 2.61. The Morgan fingerprint density at radius 1 is 1.17 bits per heavy atom. The maximum Gasteiger partial charge on any atom is 0.243 e. The molecule has 0 spiro atoms. The van der Waals surface area contributed by atoms with Gasteiger partial charge in [-0.05, 0) is 42.2 Å². The minimum atomic E-state index is -3.39. The van der Waals surface area contributed by atoms with Gasteiger partial charge < -0.3 is 4.90 Å². The van der Waals surface area contributed by atoms with Crippen molar-refractivity contribution in [2.24, 2.45) is 7.05 Å². The Labute approximate surface area is 141 Å². The van der Waals surface area contributed by atoms with Gasteiger partial charge >= 0.3 is 0 Å². The smallest absolute Gasteiger partial charge is 0.243 e. The molecule has 1 aromatic heterocycles. The van der Waals surface area contributed by atoms with Crippen LogP contribution in [0.5, 0.6) is 0 Å². The van der Waals surface area contributed by atoms with Crippen LogP contribution in [0.2, 0.25) is 0 Å². The molecule has 8 nitrogen and oxygen atoms in total. The second-order valence-electron chi connectivity index (χ2n) is 6.27. The average Bonchev–Trinajstić information content (AvgIpc) is 3.29. The molecule has 0 radical (unpaired) electrons. The molecule has 2 aliphatic rings. The van der Waals surface area contributed by atoms with Crippen molar-refractivity contribution >= 4 is 15.7 Å². The highest BCUT2D eigenvalue weighted by molar-refractivity contribution is 7.89. The van der Waals surface area contributed by atoms with Crippen LogP contribution in [0.25, 0.3) is 0 Å². The summed E-state index contributed by atoms with van der Waals surface area (Å²) in [5.74, 6) is 0.637. The summed E-state index contributed by atoms with van der Waals surface area (Å²) < 4.78 is 27.1. The van der Waals surface area contributed by atoms with E-state index < -0.39 is 10.0 Å². The maximum atomic E-state index is 12.8. The number of rotatable bonds is 4. The van der Waals surface area contributed by atoms with E-state index in [4.69, 9.17) is 0 Å². The third-order valence-electron chi connectivity index (χ3n) is 4.63. The minimum absolute atomic E-state index is 0.377. The second kappa shape index (κ2) is 5.82. The molecule has 4 rings (SSSR count). The Balaban J connectivity index is 1.63. The van der Waals surface area contributed by atoms with Crippen molar-refractivity contribution in [3.05, 3.63) is 29.6 Å². The molecule has 24 heavy (non-hydrogen) atoms. The molecular formula is C15H20N6O2S. The fourth-order valence-corrected chi connectivity index (χ4v) is 4.92. The highest BCUT2D eigenvalue weighted by atomic mass is 32.2. The van der Waals surface area contributed by atoms with Crippen LogP contribution >= 0.6 is 0 Å². The molecule has 3 heterocycles. The van der Waals surface area contributed by atoms with Gasteiger partial charge in [0.1, 0.15) is 0 Å². The fourth-order valence-electron chi connectivity index (χ4n) is 3.38. The molecule has 0 N–H and O–H groups in total. The van der Waals surface area contributed by atoms with Crippen LogP contribution in [0.15, 0.2) is 23.1 Å². The predicted octanol–water partition coefficient (Wildman–Crippen LogP) is 0.557. The van der Waals surface area contributed by atoms with E-state index in [1.165, 1.54) is 10.4 Å². The van der Waals surface area contributed by atoms with Crippen molar-refractivity contribution in [2.75, 3.05) is 24.5 Å². The molecule has 0 atom stereocenters. The maximum absolute atomic E-state index is 12.8. The van der Waals surface area contributed by atoms with E-state index in [1.54, 1.807) is 23.5 Å². The molecule has 2 aliphatic heterocycles. The van der Waals surface area contributed by atoms with Gasteiger partial charge in [-0.2, -0.15) is 9.10 Å². The lowest BCUT2D eigenvalue weighted by atomic mass is 10.2. The first kappa shape index (κ1) is 15.5. The van der Waals surface area contributed by atoms with Crippen molar-refractivity contribution < 1.29 is 8.42 Å². The summed E-state index contributed by atoms with van der Waals surface area (Å²) in [4.78, 5) is 3.93. The number of anilines is 1. The Morgan fingerprint density at radius 3 is 2.67 bits per heavy atom. The quantitative estimate of drug-likeness (QED) is 0.803. The zero-order valence-corrected chi connectivity index (χ0v) is 14.4. The Kier molecular flexibility index (Phi) is 3.76. The molecular weight excluding hydrogens is 328 g/mol. The van der Waals surface area contributed by atoms with Gasteiger partial charge in [-0.15, -0.1) is 10.2 Å².